The molecule has 1 saturated heterocycles. The number of rotatable bonds is 4. The molecular formula is C23H29BN3O3+. The van der Waals surface area contributed by atoms with Gasteiger partial charge >= 0.3 is 7.12 Å². The van der Waals surface area contributed by atoms with Crippen molar-refractivity contribution >= 4 is 30.4 Å². The van der Waals surface area contributed by atoms with Crippen LogP contribution in [0.1, 0.15) is 35.4 Å². The van der Waals surface area contributed by atoms with Gasteiger partial charge in [-0.15, -0.1) is 0 Å². The lowest BCUT2D eigenvalue weighted by Gasteiger charge is -2.34. The molecule has 30 heavy (non-hydrogen) atoms. The second-order valence-electron chi connectivity index (χ2n) is 8.38. The molecule has 1 unspecified atom stereocenters. The molecule has 1 atom stereocenters. The summed E-state index contributed by atoms with van der Waals surface area (Å²) in [6.07, 6.45) is 4.48. The van der Waals surface area contributed by atoms with Crippen LogP contribution in [-0.4, -0.2) is 58.9 Å². The lowest BCUT2D eigenvalue weighted by atomic mass is 9.78. The fourth-order valence-corrected chi connectivity index (χ4v) is 4.71. The summed E-state index contributed by atoms with van der Waals surface area (Å²) < 4.78 is 1.97. The van der Waals surface area contributed by atoms with E-state index < -0.39 is 7.12 Å². The molecule has 1 fully saturated rings. The number of nitrogens with zero attached hydrogens (tertiary/aromatic N) is 2. The first kappa shape index (κ1) is 20.8. The number of likely N-dealkylation sites (tertiary alicyclic amines) is 1. The van der Waals surface area contributed by atoms with E-state index in [4.69, 9.17) is 5.73 Å². The van der Waals surface area contributed by atoms with Crippen molar-refractivity contribution in [3.63, 3.8) is 0 Å². The number of piperidine rings is 1. The van der Waals surface area contributed by atoms with Crippen LogP contribution < -0.4 is 11.2 Å². The van der Waals surface area contributed by atoms with Crippen molar-refractivity contribution in [1.82, 2.24) is 4.90 Å². The van der Waals surface area contributed by atoms with E-state index in [-0.39, 0.29) is 11.8 Å². The van der Waals surface area contributed by atoms with Crippen LogP contribution in [-0.2, 0) is 17.8 Å². The van der Waals surface area contributed by atoms with Crippen LogP contribution in [0.2, 0.25) is 0 Å². The third kappa shape index (κ3) is 4.19. The molecular weight excluding hydrogens is 377 g/mol. The molecule has 4 rings (SSSR count). The van der Waals surface area contributed by atoms with Gasteiger partial charge in [-0.1, -0.05) is 36.4 Å². The number of carbonyl (C=O) groups excluding carboxylic acids is 1. The molecule has 2 aromatic rings. The van der Waals surface area contributed by atoms with E-state index in [1.807, 2.05) is 28.8 Å². The van der Waals surface area contributed by atoms with Gasteiger partial charge in [0.25, 0.3) is 0 Å². The van der Waals surface area contributed by atoms with Crippen LogP contribution in [0.5, 0.6) is 0 Å². The van der Waals surface area contributed by atoms with Crippen LogP contribution in [0.3, 0.4) is 0 Å². The Morgan fingerprint density at radius 3 is 2.67 bits per heavy atom. The first-order valence-electron chi connectivity index (χ1n) is 10.6. The van der Waals surface area contributed by atoms with E-state index in [1.54, 1.807) is 12.1 Å². The van der Waals surface area contributed by atoms with Crippen molar-refractivity contribution in [1.29, 1.82) is 0 Å². The van der Waals surface area contributed by atoms with E-state index in [1.165, 1.54) is 5.56 Å². The molecule has 2 aromatic carbocycles. The van der Waals surface area contributed by atoms with Gasteiger partial charge in [-0.25, -0.2) is 4.58 Å². The molecule has 0 radical (unpaired) electrons. The van der Waals surface area contributed by atoms with Gasteiger partial charge in [0.2, 0.25) is 11.6 Å². The molecule has 156 valence electrons. The molecule has 0 aromatic heterocycles. The van der Waals surface area contributed by atoms with Crippen LogP contribution in [0.4, 0.5) is 5.69 Å². The average Bonchev–Trinajstić information content (AvgIpc) is 2.78. The standard InChI is InChI=1S/C23H29BN3O3/c1-26-15-20(12-19-13-21(24(29)30)5-6-22(19)26)23(28)27-9-7-17(8-10-27)18-4-2-3-16(11-18)14-25/h2-6,11,13,15,17,20,29-30H,7-10,12,14,25H2,1H3/q+1. The summed E-state index contributed by atoms with van der Waals surface area (Å²) in [5.41, 5.74) is 10.7. The zero-order valence-electron chi connectivity index (χ0n) is 17.4. The van der Waals surface area contributed by atoms with Gasteiger partial charge < -0.3 is 20.7 Å². The monoisotopic (exact) mass is 406 g/mol. The quantitative estimate of drug-likeness (QED) is 0.517. The molecule has 7 heteroatoms. The molecule has 0 spiro atoms. The van der Waals surface area contributed by atoms with Gasteiger partial charge in [0.05, 0.1) is 0 Å². The predicted molar refractivity (Wildman–Crippen MR) is 118 cm³/mol. The Bertz CT molecular complexity index is 968. The van der Waals surface area contributed by atoms with E-state index in [0.717, 1.165) is 42.7 Å². The Hall–Kier alpha value is -2.48. The highest BCUT2D eigenvalue weighted by Gasteiger charge is 2.34. The zero-order chi connectivity index (χ0) is 21.3. The minimum atomic E-state index is -1.50. The van der Waals surface area contributed by atoms with E-state index in [0.29, 0.717) is 24.3 Å². The summed E-state index contributed by atoms with van der Waals surface area (Å²) in [5.74, 6) is 0.384. The largest absolute Gasteiger partial charge is 0.488 e. The molecule has 0 saturated carbocycles. The third-order valence-electron chi connectivity index (χ3n) is 6.41. The lowest BCUT2D eigenvalue weighted by Crippen LogP contribution is -2.44. The molecule has 2 heterocycles. The minimum Gasteiger partial charge on any atom is -0.423 e. The number of hydrogen-bond acceptors (Lipinski definition) is 4. The third-order valence-corrected chi connectivity index (χ3v) is 6.41. The highest BCUT2D eigenvalue weighted by Crippen LogP contribution is 2.30. The highest BCUT2D eigenvalue weighted by atomic mass is 16.4. The fourth-order valence-electron chi connectivity index (χ4n) is 4.71. The SMILES string of the molecule is C[N+]1=CC(C(=O)N2CCC(c3cccc(CN)c3)CC2)Cc2cc(B(O)O)ccc21. The van der Waals surface area contributed by atoms with Crippen LogP contribution in [0.25, 0.3) is 0 Å². The van der Waals surface area contributed by atoms with Crippen LogP contribution in [0, 0.1) is 5.92 Å². The summed E-state index contributed by atoms with van der Waals surface area (Å²) in [7, 11) is 0.432. The molecule has 0 aliphatic carbocycles. The van der Waals surface area contributed by atoms with Crippen molar-refractivity contribution in [3.8, 4) is 0 Å². The number of benzene rings is 2. The first-order chi connectivity index (χ1) is 14.5. The lowest BCUT2D eigenvalue weighted by molar-refractivity contribution is -0.404. The summed E-state index contributed by atoms with van der Waals surface area (Å²) in [5, 5.41) is 18.9. The maximum absolute atomic E-state index is 13.2. The summed E-state index contributed by atoms with van der Waals surface area (Å²) >= 11 is 0. The maximum atomic E-state index is 13.2. The minimum absolute atomic E-state index is 0.150. The smallest absolute Gasteiger partial charge is 0.423 e. The first-order valence-corrected chi connectivity index (χ1v) is 10.6. The number of nitrogens with two attached hydrogens (primary N) is 1. The normalized spacial score (nSPS) is 19.3. The van der Waals surface area contributed by atoms with Gasteiger partial charge in [-0.3, -0.25) is 4.79 Å². The number of hydrogen-bond donors (Lipinski definition) is 3. The van der Waals surface area contributed by atoms with Crippen molar-refractivity contribution in [2.75, 3.05) is 20.1 Å². The van der Waals surface area contributed by atoms with Crippen molar-refractivity contribution < 1.29 is 19.4 Å². The van der Waals surface area contributed by atoms with Crippen molar-refractivity contribution in [3.05, 3.63) is 59.2 Å². The highest BCUT2D eigenvalue weighted by molar-refractivity contribution is 6.58. The van der Waals surface area contributed by atoms with Gasteiger partial charge in [0.1, 0.15) is 13.0 Å². The maximum Gasteiger partial charge on any atom is 0.488 e. The van der Waals surface area contributed by atoms with Gasteiger partial charge in [0, 0.05) is 31.3 Å². The van der Waals surface area contributed by atoms with E-state index in [2.05, 4.69) is 24.3 Å². The van der Waals surface area contributed by atoms with Gasteiger partial charge in [0.15, 0.2) is 6.21 Å². The molecule has 2 aliphatic rings. The molecule has 2 aliphatic heterocycles. The van der Waals surface area contributed by atoms with Gasteiger partial charge in [-0.05, 0) is 41.8 Å². The predicted octanol–water partition coefficient (Wildman–Crippen LogP) is 0.748. The Kier molecular flexibility index (Phi) is 6.04. The summed E-state index contributed by atoms with van der Waals surface area (Å²) in [6, 6.07) is 13.8. The Labute approximate surface area is 177 Å². The second kappa shape index (κ2) is 8.72. The van der Waals surface area contributed by atoms with Gasteiger partial charge in [-0.2, -0.15) is 0 Å². The zero-order valence-corrected chi connectivity index (χ0v) is 17.4. The van der Waals surface area contributed by atoms with Crippen molar-refractivity contribution in [2.24, 2.45) is 11.7 Å². The van der Waals surface area contributed by atoms with E-state index in [9.17, 15) is 14.8 Å². The summed E-state index contributed by atoms with van der Waals surface area (Å²) in [6.45, 7) is 2.06. The van der Waals surface area contributed by atoms with E-state index >= 15 is 0 Å². The number of carbonyl (C=O) groups is 1. The molecule has 1 amide bonds. The topological polar surface area (TPSA) is 89.8 Å². The Morgan fingerprint density at radius 1 is 1.20 bits per heavy atom. The molecule has 6 nitrogen and oxygen atoms in total. The second-order valence-corrected chi connectivity index (χ2v) is 8.38. The fraction of sp³-hybridized carbons (Fsp3) is 0.391. The van der Waals surface area contributed by atoms with Crippen molar-refractivity contribution in [2.45, 2.75) is 31.7 Å². The Balaban J connectivity index is 1.43. The Morgan fingerprint density at radius 2 is 1.97 bits per heavy atom. The number of fused-ring (bicyclic) bond motifs is 1. The number of amides is 1. The average molecular weight is 406 g/mol. The summed E-state index contributed by atoms with van der Waals surface area (Å²) in [4.78, 5) is 15.2. The molecule has 0 bridgehead atoms. The van der Waals surface area contributed by atoms with Crippen LogP contribution >= 0.6 is 0 Å². The van der Waals surface area contributed by atoms with Crippen LogP contribution in [0.15, 0.2) is 42.5 Å². The molecule has 4 N–H and O–H groups in total.